The summed E-state index contributed by atoms with van der Waals surface area (Å²) in [6.07, 6.45) is 0.141. The average Bonchev–Trinajstić information content (AvgIpc) is 2.51. The van der Waals surface area contributed by atoms with Crippen molar-refractivity contribution in [2.24, 2.45) is 5.73 Å². The highest BCUT2D eigenvalue weighted by molar-refractivity contribution is 8.08. The molecule has 0 fully saturated rings. The molecule has 0 aliphatic rings. The lowest BCUT2D eigenvalue weighted by Gasteiger charge is -2.23. The van der Waals surface area contributed by atoms with Gasteiger partial charge < -0.3 is 26.2 Å². The molecule has 2 atom stereocenters. The van der Waals surface area contributed by atoms with Gasteiger partial charge in [-0.3, -0.25) is 14.4 Å². The van der Waals surface area contributed by atoms with Crippen LogP contribution in [0.4, 0.5) is 0 Å². The molecule has 0 unspecified atom stereocenters. The number of hydrogen-bond donors (Lipinski definition) is 6. The normalized spacial score (nSPS) is 13.6. The molecule has 138 valence electrons. The highest BCUT2D eigenvalue weighted by atomic mass is 32.5. The molecule has 3 amide bonds. The van der Waals surface area contributed by atoms with E-state index in [2.05, 4.69) is 27.5 Å². The molecule has 25 heavy (non-hydrogen) atoms. The molecule has 1 aromatic rings. The second-order valence-corrected chi connectivity index (χ2v) is 8.20. The zero-order valence-electron chi connectivity index (χ0n) is 13.5. The van der Waals surface area contributed by atoms with E-state index >= 15 is 0 Å². The Morgan fingerprint density at radius 1 is 1.20 bits per heavy atom. The Morgan fingerprint density at radius 2 is 1.80 bits per heavy atom. The molecule has 0 heterocycles. The van der Waals surface area contributed by atoms with Crippen molar-refractivity contribution in [1.29, 1.82) is 0 Å². The first-order valence-electron chi connectivity index (χ1n) is 7.32. The number of carbonyl (C=O) groups is 3. The Kier molecular flexibility index (Phi) is 8.14. The van der Waals surface area contributed by atoms with Gasteiger partial charge in [0.2, 0.25) is 17.7 Å². The van der Waals surface area contributed by atoms with Crippen LogP contribution in [0.3, 0.4) is 0 Å². The Morgan fingerprint density at radius 3 is 2.32 bits per heavy atom. The lowest BCUT2D eigenvalue weighted by atomic mass is 10.1. The van der Waals surface area contributed by atoms with E-state index in [0.717, 1.165) is 5.56 Å². The molecular weight excluding hydrogens is 367 g/mol. The summed E-state index contributed by atoms with van der Waals surface area (Å²) < 4.78 is 0. The van der Waals surface area contributed by atoms with Crippen molar-refractivity contribution in [3.8, 4) is 0 Å². The molecule has 1 aromatic carbocycles. The zero-order valence-corrected chi connectivity index (χ0v) is 15.2. The third-order valence-electron chi connectivity index (χ3n) is 3.11. The third kappa shape index (κ3) is 8.71. The van der Waals surface area contributed by atoms with Crippen molar-refractivity contribution >= 4 is 36.2 Å². The lowest BCUT2D eigenvalue weighted by molar-refractivity contribution is -0.130. The maximum Gasteiger partial charge on any atom is 0.256 e. The van der Waals surface area contributed by atoms with E-state index in [1.54, 1.807) is 30.3 Å². The van der Waals surface area contributed by atoms with E-state index in [0.29, 0.717) is 0 Å². The molecule has 0 saturated heterocycles. The zero-order chi connectivity index (χ0) is 19.0. The number of amides is 3. The predicted octanol–water partition coefficient (Wildman–Crippen LogP) is -1.50. The minimum absolute atomic E-state index is 0.141. The maximum absolute atomic E-state index is 12.4. The number of carbonyl (C=O) groups excluding carboxylic acids is 3. The lowest BCUT2D eigenvalue weighted by Crippen LogP contribution is -2.52. The Labute approximate surface area is 150 Å². The molecule has 0 aliphatic heterocycles. The summed E-state index contributed by atoms with van der Waals surface area (Å²) in [6, 6.07) is 6.89. The van der Waals surface area contributed by atoms with Gasteiger partial charge in [0.15, 0.2) is 0 Å². The molecule has 0 aliphatic carbocycles. The van der Waals surface area contributed by atoms with Crippen molar-refractivity contribution in [2.45, 2.75) is 25.4 Å². The van der Waals surface area contributed by atoms with Gasteiger partial charge in [-0.25, -0.2) is 5.09 Å². The number of nitrogens with two attached hydrogens (primary N) is 1. The third-order valence-corrected chi connectivity index (χ3v) is 4.08. The minimum Gasteiger partial charge on any atom is -0.368 e. The Balaban J connectivity index is 2.76. The van der Waals surface area contributed by atoms with Crippen LogP contribution in [-0.2, 0) is 32.6 Å². The Hall–Kier alpha value is -1.84. The van der Waals surface area contributed by atoms with E-state index in [1.165, 1.54) is 6.92 Å². The summed E-state index contributed by atoms with van der Waals surface area (Å²) in [4.78, 5) is 53.8. The minimum atomic E-state index is -3.84. The first kappa shape index (κ1) is 21.2. The van der Waals surface area contributed by atoms with Gasteiger partial charge in [-0.15, -0.1) is 0 Å². The van der Waals surface area contributed by atoms with E-state index in [9.17, 15) is 24.2 Å². The van der Waals surface area contributed by atoms with Crippen molar-refractivity contribution in [2.75, 3.05) is 6.54 Å². The molecule has 0 aromatic heterocycles. The molecule has 0 radical (unpaired) electrons. The van der Waals surface area contributed by atoms with Gasteiger partial charge in [-0.05, 0) is 30.7 Å². The smallest absolute Gasteiger partial charge is 0.256 e. The molecule has 1 rings (SSSR count). The average molecular weight is 388 g/mol. The second kappa shape index (κ2) is 9.59. The monoisotopic (exact) mass is 388 g/mol. The number of rotatable bonds is 9. The van der Waals surface area contributed by atoms with Crippen molar-refractivity contribution in [3.05, 3.63) is 35.9 Å². The van der Waals surface area contributed by atoms with Crippen molar-refractivity contribution < 1.29 is 24.2 Å². The van der Waals surface area contributed by atoms with Crippen LogP contribution in [0.25, 0.3) is 0 Å². The molecule has 7 N–H and O–H groups in total. The number of primary amides is 1. The highest BCUT2D eigenvalue weighted by Crippen LogP contribution is 2.30. The molecule has 9 nitrogen and oxygen atoms in total. The van der Waals surface area contributed by atoms with Crippen LogP contribution >= 0.6 is 6.64 Å². The topological polar surface area (TPSA) is 154 Å². The van der Waals surface area contributed by atoms with Gasteiger partial charge in [0.1, 0.15) is 6.04 Å². The van der Waals surface area contributed by atoms with E-state index in [-0.39, 0.29) is 13.0 Å². The summed E-state index contributed by atoms with van der Waals surface area (Å²) in [7, 11) is 0. The van der Waals surface area contributed by atoms with Crippen LogP contribution in [0, 0.1) is 0 Å². The maximum atomic E-state index is 12.4. The summed E-state index contributed by atoms with van der Waals surface area (Å²) >= 11 is 4.53. The van der Waals surface area contributed by atoms with E-state index in [4.69, 9.17) is 5.73 Å². The van der Waals surface area contributed by atoms with Crippen LogP contribution in [0.1, 0.15) is 12.5 Å². The molecular formula is C14H21N4O5PS. The van der Waals surface area contributed by atoms with Crippen LogP contribution in [0.15, 0.2) is 30.3 Å². The number of benzene rings is 1. The van der Waals surface area contributed by atoms with Gasteiger partial charge >= 0.3 is 0 Å². The molecule has 11 heteroatoms. The summed E-state index contributed by atoms with van der Waals surface area (Å²) in [5.41, 5.74) is 5.70. The van der Waals surface area contributed by atoms with E-state index < -0.39 is 36.4 Å². The van der Waals surface area contributed by atoms with Crippen LogP contribution in [0.5, 0.6) is 0 Å². The summed E-state index contributed by atoms with van der Waals surface area (Å²) in [5.74, 6) is -1.95. The van der Waals surface area contributed by atoms with Crippen LogP contribution in [0.2, 0.25) is 0 Å². The molecule has 0 bridgehead atoms. The standard InChI is InChI=1S/C14H21N4O5PS/c1-9(13(20)16-8-12(15)19)17-14(21)11(18-24(22,23)25)7-10-5-3-2-4-6-10/h2-6,9,11H,7-8H2,1H3,(H2,15,19)(H,16,20)(H,17,21)(H3,18,22,23,25)/t9-,11-/m0/s1. The first-order chi connectivity index (χ1) is 11.6. The SMILES string of the molecule is C[C@H](NC(=O)[C@H](Cc1ccccc1)NP(O)(O)=S)C(=O)NCC(N)=O. The molecule has 0 saturated carbocycles. The number of nitrogens with one attached hydrogen (secondary N) is 3. The van der Waals surface area contributed by atoms with Crippen molar-refractivity contribution in [3.63, 3.8) is 0 Å². The van der Waals surface area contributed by atoms with Gasteiger partial charge in [0.25, 0.3) is 6.64 Å². The fourth-order valence-electron chi connectivity index (χ4n) is 1.96. The first-order valence-corrected chi connectivity index (χ1v) is 10.0. The van der Waals surface area contributed by atoms with Crippen LogP contribution < -0.4 is 21.5 Å². The molecule has 0 spiro atoms. The van der Waals surface area contributed by atoms with E-state index in [1.807, 2.05) is 0 Å². The summed E-state index contributed by atoms with van der Waals surface area (Å²) in [6.45, 7) is -2.77. The van der Waals surface area contributed by atoms with Gasteiger partial charge in [-0.2, -0.15) is 0 Å². The second-order valence-electron chi connectivity index (χ2n) is 5.33. The largest absolute Gasteiger partial charge is 0.368 e. The van der Waals surface area contributed by atoms with Crippen molar-refractivity contribution in [1.82, 2.24) is 15.7 Å². The Bertz CT molecular complexity index is 666. The van der Waals surface area contributed by atoms with Gasteiger partial charge in [-0.1, -0.05) is 30.3 Å². The number of hydrogen-bond acceptors (Lipinski definition) is 4. The highest BCUT2D eigenvalue weighted by Gasteiger charge is 2.26. The summed E-state index contributed by atoms with van der Waals surface area (Å²) in [5, 5.41) is 7.01. The predicted molar refractivity (Wildman–Crippen MR) is 95.6 cm³/mol. The van der Waals surface area contributed by atoms with Gasteiger partial charge in [0.05, 0.1) is 12.6 Å². The van der Waals surface area contributed by atoms with Crippen LogP contribution in [-0.4, -0.2) is 46.1 Å². The quantitative estimate of drug-likeness (QED) is 0.282. The van der Waals surface area contributed by atoms with Gasteiger partial charge in [0, 0.05) is 0 Å². The fraction of sp³-hybridized carbons (Fsp3) is 0.357. The fourth-order valence-corrected chi connectivity index (χ4v) is 2.95.